The molecule has 0 aromatic carbocycles. The molecule has 0 aliphatic carbocycles. The molecule has 0 saturated heterocycles. The van der Waals surface area contributed by atoms with E-state index in [1.165, 1.54) is 0 Å². The van der Waals surface area contributed by atoms with E-state index in [1.807, 2.05) is 0 Å². The monoisotopic (exact) mass is 346 g/mol. The summed E-state index contributed by atoms with van der Waals surface area (Å²) in [6.07, 6.45) is 0. The van der Waals surface area contributed by atoms with Crippen LogP contribution >= 0.6 is 0 Å². The number of nitrogens with two attached hydrogens (primary N) is 1. The van der Waals surface area contributed by atoms with E-state index >= 15 is 0 Å². The van der Waals surface area contributed by atoms with Gasteiger partial charge in [0.25, 0.3) is 0 Å². The number of rotatable bonds is 2. The fraction of sp³-hybridized carbons (Fsp3) is 0.333. The molecule has 0 fully saturated rings. The number of hydrogen-bond acceptors (Lipinski definition) is 7. The molecular weight excluding hydrogens is 337 g/mol. The third-order valence-electron chi connectivity index (χ3n) is 0.508. The average molecular weight is 346 g/mol. The van der Waals surface area contributed by atoms with Gasteiger partial charge in [0.1, 0.15) is 0 Å². The number of carboxylic acid groups (broad SMARTS) is 2. The molecule has 70 valence electrons. The first kappa shape index (κ1) is 22.4. The van der Waals surface area contributed by atoms with Crippen molar-refractivity contribution in [1.29, 1.82) is 0 Å². The fourth-order valence-electron chi connectivity index (χ4n) is 0.0962. The average Bonchev–Trinajstić information content (AvgIpc) is 1.64. The Kier molecular flexibility index (Phi) is 19.4. The predicted octanol–water partition coefficient (Wildman–Crippen LogP) is -3.87. The van der Waals surface area contributed by atoms with Crippen LogP contribution in [0.4, 0.5) is 0 Å². The summed E-state index contributed by atoms with van der Waals surface area (Å²) in [5.74, 6) is -3.69. The van der Waals surface area contributed by atoms with Crippen molar-refractivity contribution < 1.29 is 40.9 Å². The zero-order chi connectivity index (χ0) is 6.73. The van der Waals surface area contributed by atoms with Crippen LogP contribution in [0.3, 0.4) is 0 Å². The summed E-state index contributed by atoms with van der Waals surface area (Å²) in [7, 11) is 0. The molecule has 0 aliphatic heterocycles. The molecule has 0 amide bonds. The number of hydrogen-bond donors (Lipinski definition) is 3. The van der Waals surface area contributed by atoms with Crippen molar-refractivity contribution in [3.8, 4) is 0 Å². The third kappa shape index (κ3) is 9.51. The van der Waals surface area contributed by atoms with Crippen LogP contribution in [0.15, 0.2) is 0 Å². The molecule has 7 nitrogen and oxygen atoms in total. The summed E-state index contributed by atoms with van der Waals surface area (Å²) in [5, 5.41) is 19.0. The predicted molar refractivity (Wildman–Crippen MR) is 28.0 cm³/mol. The van der Waals surface area contributed by atoms with Crippen molar-refractivity contribution in [2.24, 2.45) is 5.73 Å². The second-order valence-electron chi connectivity index (χ2n) is 1.12. The Bertz CT molecular complexity index is 116. The molecule has 0 heterocycles. The van der Waals surface area contributed by atoms with Crippen molar-refractivity contribution in [1.82, 2.24) is 12.3 Å². The largest absolute Gasteiger partial charge is 2.00 e. The number of carboxylic acids is 2. The second kappa shape index (κ2) is 9.51. The smallest absolute Gasteiger partial charge is 0.548 e. The van der Waals surface area contributed by atoms with E-state index in [-0.39, 0.29) is 33.4 Å². The molecule has 8 N–H and O–H groups in total. The minimum Gasteiger partial charge on any atom is -0.548 e. The van der Waals surface area contributed by atoms with E-state index in [4.69, 9.17) is 0 Å². The molecular formula is C3H9N3O4Pt. The Balaban J connectivity index is -0.0000000817. The quantitative estimate of drug-likeness (QED) is 0.428. The van der Waals surface area contributed by atoms with Gasteiger partial charge in [0, 0.05) is 0 Å². The Morgan fingerprint density at radius 1 is 1.09 bits per heavy atom. The standard InChI is InChI=1S/C3H5NO4.2H3N.Pt/c4-1(2(5)6)3(7)8;;;/h1H,4H2,(H,5,6)(H,7,8);2*1H3;/q;;;+2/p-2. The van der Waals surface area contributed by atoms with Gasteiger partial charge >= 0.3 is 21.1 Å². The number of carbonyl (C=O) groups is 2. The minimum atomic E-state index is -2.02. The summed E-state index contributed by atoms with van der Waals surface area (Å²) >= 11 is 0. The molecule has 0 bridgehead atoms. The summed E-state index contributed by atoms with van der Waals surface area (Å²) < 4.78 is 0. The summed E-state index contributed by atoms with van der Waals surface area (Å²) in [6, 6.07) is -2.02. The normalized spacial score (nSPS) is 6.73. The zero-order valence-corrected chi connectivity index (χ0v) is 7.79. The summed E-state index contributed by atoms with van der Waals surface area (Å²) in [5.41, 5.74) is 4.44. The van der Waals surface area contributed by atoms with Gasteiger partial charge in [0.15, 0.2) is 0 Å². The molecule has 0 aromatic rings. The minimum absolute atomic E-state index is 0. The Morgan fingerprint density at radius 2 is 1.27 bits per heavy atom. The molecule has 8 heteroatoms. The van der Waals surface area contributed by atoms with Crippen LogP contribution in [0.25, 0.3) is 0 Å². The maximum Gasteiger partial charge on any atom is 2.00 e. The maximum absolute atomic E-state index is 9.48. The molecule has 0 rings (SSSR count). The molecule has 0 unspecified atom stereocenters. The van der Waals surface area contributed by atoms with Crippen LogP contribution in [-0.2, 0) is 30.7 Å². The van der Waals surface area contributed by atoms with Gasteiger partial charge in [-0.1, -0.05) is 0 Å². The van der Waals surface area contributed by atoms with Gasteiger partial charge in [-0.15, -0.1) is 0 Å². The summed E-state index contributed by atoms with van der Waals surface area (Å²) in [4.78, 5) is 19.0. The van der Waals surface area contributed by atoms with Crippen LogP contribution in [0, 0.1) is 0 Å². The van der Waals surface area contributed by atoms with Crippen LogP contribution in [-0.4, -0.2) is 18.0 Å². The fourth-order valence-corrected chi connectivity index (χ4v) is 0.0962. The molecule has 0 atom stereocenters. The van der Waals surface area contributed by atoms with E-state index in [9.17, 15) is 19.8 Å². The SMILES string of the molecule is N.N.NC(C(=O)[O-])C(=O)[O-].[Pt+2]. The van der Waals surface area contributed by atoms with Gasteiger partial charge in [0.05, 0.1) is 18.0 Å². The Morgan fingerprint density at radius 3 is 1.27 bits per heavy atom. The molecule has 0 radical (unpaired) electrons. The second-order valence-corrected chi connectivity index (χ2v) is 1.12. The first-order valence-corrected chi connectivity index (χ1v) is 1.73. The zero-order valence-electron chi connectivity index (χ0n) is 5.52. The van der Waals surface area contributed by atoms with Crippen molar-refractivity contribution >= 4 is 11.9 Å². The summed E-state index contributed by atoms with van der Waals surface area (Å²) in [6.45, 7) is 0. The molecule has 0 spiro atoms. The number of aliphatic carboxylic acids is 2. The van der Waals surface area contributed by atoms with Crippen LogP contribution < -0.4 is 28.2 Å². The third-order valence-corrected chi connectivity index (χ3v) is 0.508. The Labute approximate surface area is 77.4 Å². The van der Waals surface area contributed by atoms with Crippen LogP contribution in [0.2, 0.25) is 0 Å². The van der Waals surface area contributed by atoms with Crippen molar-refractivity contribution in [3.63, 3.8) is 0 Å². The van der Waals surface area contributed by atoms with E-state index in [1.54, 1.807) is 0 Å². The van der Waals surface area contributed by atoms with Crippen LogP contribution in [0.5, 0.6) is 0 Å². The van der Waals surface area contributed by atoms with Gasteiger partial charge in [-0.25, -0.2) is 0 Å². The number of carbonyl (C=O) groups excluding carboxylic acids is 2. The van der Waals surface area contributed by atoms with E-state index < -0.39 is 18.0 Å². The molecule has 0 saturated carbocycles. The van der Waals surface area contributed by atoms with Crippen molar-refractivity contribution in [2.45, 2.75) is 6.04 Å². The van der Waals surface area contributed by atoms with Crippen molar-refractivity contribution in [3.05, 3.63) is 0 Å². The molecule has 0 aromatic heterocycles. The Hall–Kier alpha value is -0.492. The van der Waals surface area contributed by atoms with E-state index in [2.05, 4.69) is 5.73 Å². The maximum atomic E-state index is 9.48. The van der Waals surface area contributed by atoms with Gasteiger partial charge in [0.2, 0.25) is 0 Å². The molecule has 0 aliphatic rings. The first-order valence-electron chi connectivity index (χ1n) is 1.73. The molecule has 11 heavy (non-hydrogen) atoms. The topological polar surface area (TPSA) is 176 Å². The van der Waals surface area contributed by atoms with Gasteiger partial charge in [-0.2, -0.15) is 0 Å². The van der Waals surface area contributed by atoms with E-state index in [0.717, 1.165) is 0 Å². The van der Waals surface area contributed by atoms with Gasteiger partial charge < -0.3 is 37.8 Å². The van der Waals surface area contributed by atoms with Crippen LogP contribution in [0.1, 0.15) is 0 Å². The first-order chi connectivity index (χ1) is 3.55. The van der Waals surface area contributed by atoms with Gasteiger partial charge in [-0.05, 0) is 0 Å². The van der Waals surface area contributed by atoms with E-state index in [0.29, 0.717) is 0 Å². The van der Waals surface area contributed by atoms with Gasteiger partial charge in [-0.3, -0.25) is 0 Å². The van der Waals surface area contributed by atoms with Crippen molar-refractivity contribution in [2.75, 3.05) is 0 Å².